The third-order valence-corrected chi connectivity index (χ3v) is 3.48. The fourth-order valence-electron chi connectivity index (χ4n) is 2.28. The van der Waals surface area contributed by atoms with Crippen LogP contribution >= 0.6 is 24.8 Å². The van der Waals surface area contributed by atoms with Crippen LogP contribution in [0.2, 0.25) is 0 Å². The summed E-state index contributed by atoms with van der Waals surface area (Å²) in [7, 11) is 0. The third-order valence-electron chi connectivity index (χ3n) is 3.48. The summed E-state index contributed by atoms with van der Waals surface area (Å²) in [5, 5.41) is 6.13. The summed E-state index contributed by atoms with van der Waals surface area (Å²) < 4.78 is 13.4. The lowest BCUT2D eigenvalue weighted by Crippen LogP contribution is -2.44. The Morgan fingerprint density at radius 2 is 1.96 bits per heavy atom. The molecule has 1 amide bonds. The van der Waals surface area contributed by atoms with Crippen molar-refractivity contribution in [1.29, 1.82) is 0 Å². The largest absolute Gasteiger partial charge is 0.353 e. The molecule has 0 bridgehead atoms. The Hall–Kier alpha value is -1.14. The molecular weight excluding hydrogens is 340 g/mol. The van der Waals surface area contributed by atoms with E-state index in [2.05, 4.69) is 15.5 Å². The van der Waals surface area contributed by atoms with Crippen LogP contribution in [-0.4, -0.2) is 50.1 Å². The van der Waals surface area contributed by atoms with E-state index in [0.717, 1.165) is 39.1 Å². The van der Waals surface area contributed by atoms with Crippen LogP contribution in [0.4, 0.5) is 4.39 Å². The van der Waals surface area contributed by atoms with Gasteiger partial charge >= 0.3 is 0 Å². The van der Waals surface area contributed by atoms with Crippen molar-refractivity contribution in [1.82, 2.24) is 15.5 Å². The van der Waals surface area contributed by atoms with Crippen LogP contribution in [0.5, 0.6) is 0 Å². The maximum Gasteiger partial charge on any atom is 0.244 e. The van der Waals surface area contributed by atoms with Gasteiger partial charge in [0.25, 0.3) is 0 Å². The normalized spacial score (nSPS) is 14.8. The first-order valence-corrected chi connectivity index (χ1v) is 7.39. The van der Waals surface area contributed by atoms with Gasteiger partial charge in [-0.05, 0) is 25.1 Å². The molecule has 1 aliphatic heterocycles. The molecule has 23 heavy (non-hydrogen) atoms. The lowest BCUT2D eigenvalue weighted by Gasteiger charge is -2.26. The van der Waals surface area contributed by atoms with Gasteiger partial charge in [-0.1, -0.05) is 18.2 Å². The second kappa shape index (κ2) is 12.3. The number of benzene rings is 1. The zero-order chi connectivity index (χ0) is 14.9. The summed E-state index contributed by atoms with van der Waals surface area (Å²) in [5.74, 6) is -0.501. The molecule has 1 aliphatic rings. The van der Waals surface area contributed by atoms with Gasteiger partial charge in [-0.15, -0.1) is 24.8 Å². The van der Waals surface area contributed by atoms with Crippen LogP contribution in [0.1, 0.15) is 12.0 Å². The molecular formula is C16H24Cl2FN3O. The van der Waals surface area contributed by atoms with Crippen LogP contribution in [0.25, 0.3) is 6.08 Å². The first-order valence-electron chi connectivity index (χ1n) is 7.39. The van der Waals surface area contributed by atoms with Gasteiger partial charge in [0.15, 0.2) is 0 Å². The van der Waals surface area contributed by atoms with Crippen LogP contribution in [0, 0.1) is 5.82 Å². The molecule has 0 atom stereocenters. The van der Waals surface area contributed by atoms with Crippen molar-refractivity contribution in [2.24, 2.45) is 0 Å². The first-order chi connectivity index (χ1) is 10.3. The zero-order valence-electron chi connectivity index (χ0n) is 13.0. The van der Waals surface area contributed by atoms with Crippen LogP contribution < -0.4 is 10.6 Å². The number of nitrogens with one attached hydrogen (secondary N) is 2. The lowest BCUT2D eigenvalue weighted by atomic mass is 10.2. The van der Waals surface area contributed by atoms with Crippen molar-refractivity contribution in [3.05, 3.63) is 41.7 Å². The van der Waals surface area contributed by atoms with Crippen LogP contribution in [0.3, 0.4) is 0 Å². The van der Waals surface area contributed by atoms with Gasteiger partial charge in [0.1, 0.15) is 5.82 Å². The molecule has 1 aromatic rings. The topological polar surface area (TPSA) is 44.4 Å². The highest BCUT2D eigenvalue weighted by Crippen LogP contribution is 2.07. The van der Waals surface area contributed by atoms with Crippen LogP contribution in [0.15, 0.2) is 30.3 Å². The zero-order valence-corrected chi connectivity index (χ0v) is 14.6. The van der Waals surface area contributed by atoms with Gasteiger partial charge in [0.2, 0.25) is 5.91 Å². The van der Waals surface area contributed by atoms with Gasteiger partial charge < -0.3 is 15.5 Å². The number of halogens is 3. The van der Waals surface area contributed by atoms with Crippen LogP contribution in [-0.2, 0) is 4.79 Å². The molecule has 0 unspecified atom stereocenters. The minimum atomic E-state index is -0.319. The minimum Gasteiger partial charge on any atom is -0.353 e. The van der Waals surface area contributed by atoms with E-state index in [1.807, 2.05) is 0 Å². The van der Waals surface area contributed by atoms with E-state index in [4.69, 9.17) is 0 Å². The number of amides is 1. The molecule has 1 saturated heterocycles. The van der Waals surface area contributed by atoms with E-state index in [9.17, 15) is 9.18 Å². The van der Waals surface area contributed by atoms with Gasteiger partial charge in [-0.2, -0.15) is 0 Å². The summed E-state index contributed by atoms with van der Waals surface area (Å²) in [6.45, 7) is 5.86. The first kappa shape index (κ1) is 21.9. The van der Waals surface area contributed by atoms with E-state index in [1.54, 1.807) is 18.2 Å². The number of piperazine rings is 1. The number of carbonyl (C=O) groups excluding carboxylic acids is 1. The third kappa shape index (κ3) is 8.32. The average Bonchev–Trinajstić information content (AvgIpc) is 2.52. The number of hydrogen-bond acceptors (Lipinski definition) is 3. The Morgan fingerprint density at radius 3 is 2.65 bits per heavy atom. The molecule has 0 aromatic heterocycles. The molecule has 1 heterocycles. The summed E-state index contributed by atoms with van der Waals surface area (Å²) in [5.41, 5.74) is 0.425. The van der Waals surface area contributed by atoms with Gasteiger partial charge in [-0.3, -0.25) is 4.79 Å². The molecule has 1 aromatic carbocycles. The molecule has 7 heteroatoms. The number of nitrogens with zero attached hydrogens (tertiary/aromatic N) is 1. The maximum atomic E-state index is 13.4. The van der Waals surface area contributed by atoms with E-state index >= 15 is 0 Å². The molecule has 0 saturated carbocycles. The van der Waals surface area contributed by atoms with E-state index in [1.165, 1.54) is 18.2 Å². The lowest BCUT2D eigenvalue weighted by molar-refractivity contribution is -0.116. The smallest absolute Gasteiger partial charge is 0.244 e. The highest BCUT2D eigenvalue weighted by atomic mass is 35.5. The second-order valence-corrected chi connectivity index (χ2v) is 5.09. The summed E-state index contributed by atoms with van der Waals surface area (Å²) in [6.07, 6.45) is 3.81. The standard InChI is InChI=1S/C16H22FN3O.2ClH/c17-15-5-2-1-4-14(15)6-7-16(21)19-8-3-11-20-12-9-18-10-13-20;;/h1-2,4-7,18H,3,8-13H2,(H,19,21);2*1H/b7-6+;;. The van der Waals surface area contributed by atoms with Crippen molar-refractivity contribution in [3.8, 4) is 0 Å². The maximum absolute atomic E-state index is 13.4. The minimum absolute atomic E-state index is 0. The number of carbonyl (C=O) groups is 1. The van der Waals surface area contributed by atoms with Gasteiger partial charge in [0, 0.05) is 44.4 Å². The van der Waals surface area contributed by atoms with Gasteiger partial charge in [0.05, 0.1) is 0 Å². The van der Waals surface area contributed by atoms with Crippen molar-refractivity contribution in [2.75, 3.05) is 39.3 Å². The Labute approximate surface area is 149 Å². The summed E-state index contributed by atoms with van der Waals surface area (Å²) in [6, 6.07) is 6.39. The number of rotatable bonds is 6. The molecule has 0 spiro atoms. The fraction of sp³-hybridized carbons (Fsp3) is 0.438. The van der Waals surface area contributed by atoms with Crippen molar-refractivity contribution >= 4 is 36.8 Å². The molecule has 4 nitrogen and oxygen atoms in total. The van der Waals surface area contributed by atoms with E-state index in [-0.39, 0.29) is 36.5 Å². The Kier molecular flexibility index (Phi) is 11.7. The Morgan fingerprint density at radius 1 is 1.26 bits per heavy atom. The average molecular weight is 364 g/mol. The second-order valence-electron chi connectivity index (χ2n) is 5.09. The van der Waals surface area contributed by atoms with E-state index in [0.29, 0.717) is 12.1 Å². The summed E-state index contributed by atoms with van der Waals surface area (Å²) in [4.78, 5) is 14.0. The van der Waals surface area contributed by atoms with Crippen molar-refractivity contribution in [3.63, 3.8) is 0 Å². The van der Waals surface area contributed by atoms with Gasteiger partial charge in [-0.25, -0.2) is 4.39 Å². The highest BCUT2D eigenvalue weighted by molar-refractivity contribution is 5.91. The molecule has 2 N–H and O–H groups in total. The monoisotopic (exact) mass is 363 g/mol. The predicted molar refractivity (Wildman–Crippen MR) is 96.9 cm³/mol. The SMILES string of the molecule is Cl.Cl.O=C(/C=C/c1ccccc1F)NCCCN1CCNCC1. The van der Waals surface area contributed by atoms with E-state index < -0.39 is 0 Å². The molecule has 0 aliphatic carbocycles. The molecule has 0 radical (unpaired) electrons. The predicted octanol–water partition coefficient (Wildman–Crippen LogP) is 2.09. The quantitative estimate of drug-likeness (QED) is 0.600. The number of hydrogen-bond donors (Lipinski definition) is 2. The molecule has 130 valence electrons. The Bertz CT molecular complexity index is 494. The molecule has 2 rings (SSSR count). The van der Waals surface area contributed by atoms with Crippen molar-refractivity contribution in [2.45, 2.75) is 6.42 Å². The molecule has 1 fully saturated rings. The fourth-order valence-corrected chi connectivity index (χ4v) is 2.28. The summed E-state index contributed by atoms with van der Waals surface area (Å²) >= 11 is 0. The van der Waals surface area contributed by atoms with Crippen molar-refractivity contribution < 1.29 is 9.18 Å². The highest BCUT2D eigenvalue weighted by Gasteiger charge is 2.08. The Balaban J connectivity index is 0.00000242.